The summed E-state index contributed by atoms with van der Waals surface area (Å²) in [7, 11) is 0. The monoisotopic (exact) mass is 669 g/mol. The van der Waals surface area contributed by atoms with Gasteiger partial charge in [0.05, 0.1) is 17.8 Å². The Balaban J connectivity index is 1.11. The third-order valence-electron chi connectivity index (χ3n) is 8.64. The molecule has 0 N–H and O–H groups in total. The van der Waals surface area contributed by atoms with Gasteiger partial charge in [-0.3, -0.25) is 0 Å². The van der Waals surface area contributed by atoms with Gasteiger partial charge in [-0.15, -0.1) is 11.3 Å². The fourth-order valence-corrected chi connectivity index (χ4v) is 7.53. The van der Waals surface area contributed by atoms with E-state index in [1.165, 1.54) is 26.5 Å². The maximum Gasteiger partial charge on any atom is 0.180 e. The second kappa shape index (κ2) is 11.7. The van der Waals surface area contributed by atoms with Crippen molar-refractivity contribution in [3.05, 3.63) is 170 Å². The van der Waals surface area contributed by atoms with Gasteiger partial charge >= 0.3 is 0 Å². The molecule has 0 unspecified atom stereocenters. The van der Waals surface area contributed by atoms with Gasteiger partial charge in [0.15, 0.2) is 5.58 Å². The topological polar surface area (TPSA) is 38.9 Å². The summed E-state index contributed by atoms with van der Waals surface area (Å²) in [5.74, 6) is 0. The van der Waals surface area contributed by atoms with Crippen molar-refractivity contribution in [3.8, 4) is 55.8 Å². The Bertz CT molecular complexity index is 3580. The van der Waals surface area contributed by atoms with E-state index in [-0.39, 0.29) is 11.1 Å². The van der Waals surface area contributed by atoms with Crippen LogP contribution in [-0.4, -0.2) is 9.97 Å². The molecule has 0 aliphatic heterocycles. The molecule has 3 aromatic heterocycles. The van der Waals surface area contributed by atoms with Crippen LogP contribution in [-0.2, 0) is 0 Å². The summed E-state index contributed by atoms with van der Waals surface area (Å²) >= 11 is 1.74. The molecule has 0 fully saturated rings. The molecule has 10 rings (SSSR count). The van der Waals surface area contributed by atoms with E-state index in [0.29, 0.717) is 27.8 Å². The van der Waals surface area contributed by atoms with Gasteiger partial charge < -0.3 is 4.42 Å². The fourth-order valence-electron chi connectivity index (χ4n) is 6.30. The van der Waals surface area contributed by atoms with E-state index in [4.69, 9.17) is 20.9 Å². The zero-order valence-electron chi connectivity index (χ0n) is 38.9. The predicted octanol–water partition coefficient (Wildman–Crippen LogP) is 13.1. The average molecular weight is 670 g/mol. The Labute approximate surface area is 311 Å². The Morgan fingerprint density at radius 3 is 2.12 bits per heavy atom. The highest BCUT2D eigenvalue weighted by molar-refractivity contribution is 7.26. The lowest BCUT2D eigenvalue weighted by atomic mass is 9.96. The van der Waals surface area contributed by atoms with Gasteiger partial charge in [0.25, 0.3) is 0 Å². The zero-order chi connectivity index (χ0) is 44.3. The van der Waals surface area contributed by atoms with E-state index in [1.807, 2.05) is 24.3 Å². The standard InChI is InChI=1S/C46H28N2OS/c1-2-9-29(10-3-1)30-19-21-31(22-20-30)32-11-6-12-33(25-32)34-23-24-41-40(27-34)44-45(49-41)43(47-28-48-44)36-14-7-13-35(26-36)37-16-8-17-39-38-15-4-5-18-42(38)50-46(37)39/h1-28H/i1D,2D,3D,6D,9D,10D,11D,12D,19D,20D,21D,22D,25D. The van der Waals surface area contributed by atoms with Crippen LogP contribution >= 0.6 is 11.3 Å². The van der Waals surface area contributed by atoms with E-state index in [2.05, 4.69) is 52.4 Å². The average Bonchev–Trinajstić information content (AvgIpc) is 3.87. The van der Waals surface area contributed by atoms with Crippen LogP contribution in [0.3, 0.4) is 0 Å². The van der Waals surface area contributed by atoms with Crippen molar-refractivity contribution in [1.82, 2.24) is 9.97 Å². The second-order valence-electron chi connectivity index (χ2n) is 11.6. The summed E-state index contributed by atoms with van der Waals surface area (Å²) in [6, 6.07) is 18.6. The molecule has 0 amide bonds. The van der Waals surface area contributed by atoms with Crippen LogP contribution in [0.15, 0.2) is 174 Å². The van der Waals surface area contributed by atoms with Gasteiger partial charge in [0.1, 0.15) is 23.1 Å². The fraction of sp³-hybridized carbons (Fsp3) is 0. The number of hydrogen-bond acceptors (Lipinski definition) is 4. The summed E-state index contributed by atoms with van der Waals surface area (Å²) in [6.45, 7) is 0. The zero-order valence-corrected chi connectivity index (χ0v) is 26.7. The largest absolute Gasteiger partial charge is 0.452 e. The molecule has 0 aliphatic carbocycles. The molecule has 3 nitrogen and oxygen atoms in total. The molecule has 234 valence electrons. The normalized spacial score (nSPS) is 15.2. The second-order valence-corrected chi connectivity index (χ2v) is 12.6. The van der Waals surface area contributed by atoms with Crippen molar-refractivity contribution in [1.29, 1.82) is 0 Å². The molecule has 0 saturated heterocycles. The van der Waals surface area contributed by atoms with E-state index < -0.39 is 101 Å². The maximum atomic E-state index is 9.36. The highest BCUT2D eigenvalue weighted by Gasteiger charge is 2.17. The van der Waals surface area contributed by atoms with Gasteiger partial charge in [0.2, 0.25) is 0 Å². The molecule has 50 heavy (non-hydrogen) atoms. The molecule has 0 bridgehead atoms. The first-order chi connectivity index (χ1) is 30.2. The minimum absolute atomic E-state index is 0.119. The third kappa shape index (κ3) is 4.80. The lowest BCUT2D eigenvalue weighted by Crippen LogP contribution is -1.88. The van der Waals surface area contributed by atoms with Crippen LogP contribution in [0.4, 0.5) is 0 Å². The number of hydrogen-bond donors (Lipinski definition) is 0. The van der Waals surface area contributed by atoms with Crippen molar-refractivity contribution in [2.24, 2.45) is 0 Å². The Morgan fingerprint density at radius 2 is 1.24 bits per heavy atom. The van der Waals surface area contributed by atoms with Crippen molar-refractivity contribution in [2.75, 3.05) is 0 Å². The van der Waals surface area contributed by atoms with Crippen molar-refractivity contribution >= 4 is 53.6 Å². The molecule has 10 aromatic rings. The highest BCUT2D eigenvalue weighted by Crippen LogP contribution is 2.41. The first-order valence-corrected chi connectivity index (χ1v) is 16.5. The molecule has 3 heterocycles. The highest BCUT2D eigenvalue weighted by atomic mass is 32.1. The van der Waals surface area contributed by atoms with Crippen molar-refractivity contribution < 1.29 is 22.2 Å². The maximum absolute atomic E-state index is 9.36. The van der Waals surface area contributed by atoms with Crippen LogP contribution in [0, 0.1) is 0 Å². The first-order valence-electron chi connectivity index (χ1n) is 22.2. The van der Waals surface area contributed by atoms with Gasteiger partial charge in [-0.25, -0.2) is 9.97 Å². The van der Waals surface area contributed by atoms with Gasteiger partial charge in [-0.05, 0) is 74.8 Å². The number of benzene rings is 7. The van der Waals surface area contributed by atoms with Gasteiger partial charge in [-0.2, -0.15) is 0 Å². The third-order valence-corrected chi connectivity index (χ3v) is 9.86. The predicted molar refractivity (Wildman–Crippen MR) is 209 cm³/mol. The van der Waals surface area contributed by atoms with E-state index >= 15 is 0 Å². The summed E-state index contributed by atoms with van der Waals surface area (Å²) < 4.78 is 121. The molecule has 0 aliphatic rings. The number of furan rings is 1. The molecule has 7 aromatic carbocycles. The quantitative estimate of drug-likeness (QED) is 0.183. The van der Waals surface area contributed by atoms with Crippen LogP contribution in [0.2, 0.25) is 0 Å². The van der Waals surface area contributed by atoms with Crippen molar-refractivity contribution in [2.45, 2.75) is 0 Å². The van der Waals surface area contributed by atoms with E-state index in [9.17, 15) is 1.37 Å². The van der Waals surface area contributed by atoms with E-state index in [0.717, 1.165) is 16.7 Å². The Morgan fingerprint density at radius 1 is 0.520 bits per heavy atom. The lowest BCUT2D eigenvalue weighted by Gasteiger charge is -2.08. The molecule has 0 saturated carbocycles. The molecule has 4 heteroatoms. The lowest BCUT2D eigenvalue weighted by molar-refractivity contribution is 0.667. The van der Waals surface area contributed by atoms with Crippen LogP contribution < -0.4 is 0 Å². The number of fused-ring (bicyclic) bond motifs is 6. The van der Waals surface area contributed by atoms with Crippen LogP contribution in [0.25, 0.3) is 98.0 Å². The number of thiophene rings is 1. The summed E-state index contributed by atoms with van der Waals surface area (Å²) in [5.41, 5.74) is 2.76. The van der Waals surface area contributed by atoms with Crippen molar-refractivity contribution in [3.63, 3.8) is 0 Å². The number of rotatable bonds is 5. The first kappa shape index (κ1) is 18.4. The summed E-state index contributed by atoms with van der Waals surface area (Å²) in [4.78, 5) is 9.20. The summed E-state index contributed by atoms with van der Waals surface area (Å²) in [6.07, 6.45) is 1.43. The minimum Gasteiger partial charge on any atom is -0.452 e. The summed E-state index contributed by atoms with van der Waals surface area (Å²) in [5, 5.41) is 2.88. The molecule has 0 atom stereocenters. The number of nitrogens with zero attached hydrogens (tertiary/aromatic N) is 2. The number of aromatic nitrogens is 2. The Kier molecular flexibility index (Phi) is 4.29. The minimum atomic E-state index is -0.768. The molecule has 0 spiro atoms. The molecular formula is C46H28N2OS. The van der Waals surface area contributed by atoms with Crippen LogP contribution in [0.5, 0.6) is 0 Å². The molecule has 0 radical (unpaired) electrons. The van der Waals surface area contributed by atoms with Crippen LogP contribution in [0.1, 0.15) is 17.8 Å². The van der Waals surface area contributed by atoms with Gasteiger partial charge in [-0.1, -0.05) is 133 Å². The van der Waals surface area contributed by atoms with E-state index in [1.54, 1.807) is 29.5 Å². The SMILES string of the molecule is [2H]c1c([2H])c([2H])c(-c2c([2H])c([2H])c(-c3c([2H])c([2H])c([2H])c(-c4ccc5oc6c(-c7cccc(-c8cccc9c8sc8ccccc89)c7)ncnc6c5c4)c3[2H])c([2H])c2[2H])c([2H])c1[2H]. The smallest absolute Gasteiger partial charge is 0.180 e. The Hall–Kier alpha value is -6.36. The van der Waals surface area contributed by atoms with Gasteiger partial charge in [0, 0.05) is 31.1 Å². The molecular weight excluding hydrogens is 629 g/mol.